The fraction of sp³-hybridized carbons (Fsp3) is 0.143. The van der Waals surface area contributed by atoms with Crippen LogP contribution >= 0.6 is 23.4 Å². The van der Waals surface area contributed by atoms with Gasteiger partial charge in [0, 0.05) is 6.07 Å². The van der Waals surface area contributed by atoms with Crippen molar-refractivity contribution in [3.63, 3.8) is 0 Å². The first-order chi connectivity index (χ1) is 5.76. The first-order valence-electron chi connectivity index (χ1n) is 3.22. The van der Waals surface area contributed by atoms with Gasteiger partial charge >= 0.3 is 0 Å². The Kier molecular flexibility index (Phi) is 3.37. The summed E-state index contributed by atoms with van der Waals surface area (Å²) in [4.78, 5) is 8.10. The van der Waals surface area contributed by atoms with Crippen molar-refractivity contribution >= 4 is 29.2 Å². The molecule has 1 N–H and O–H groups in total. The maximum absolute atomic E-state index is 5.73. The van der Waals surface area contributed by atoms with Crippen LogP contribution in [0.1, 0.15) is 0 Å². The predicted octanol–water partition coefficient (Wildman–Crippen LogP) is 2.41. The lowest BCUT2D eigenvalue weighted by atomic mass is 10.6. The fourth-order valence-electron chi connectivity index (χ4n) is 0.667. The van der Waals surface area contributed by atoms with E-state index >= 15 is 0 Å². The normalized spacial score (nSPS) is 9.50. The van der Waals surface area contributed by atoms with Crippen LogP contribution in [0.2, 0.25) is 5.15 Å². The van der Waals surface area contributed by atoms with E-state index in [1.54, 1.807) is 12.3 Å². The van der Waals surface area contributed by atoms with Crippen molar-refractivity contribution in [3.8, 4) is 0 Å². The van der Waals surface area contributed by atoms with E-state index in [-0.39, 0.29) is 0 Å². The van der Waals surface area contributed by atoms with Crippen molar-refractivity contribution in [2.45, 2.75) is 5.16 Å². The number of rotatable bonds is 3. The standard InChI is InChI=1S/C7H8ClN3S/c1-3-9-6-4-5(8)10-7(11-6)12-2/h3-4H,1H2,2H3,(H,9,10,11). The minimum absolute atomic E-state index is 0.429. The van der Waals surface area contributed by atoms with Gasteiger partial charge in [-0.15, -0.1) is 0 Å². The number of aromatic nitrogens is 2. The summed E-state index contributed by atoms with van der Waals surface area (Å²) in [5, 5.41) is 3.91. The van der Waals surface area contributed by atoms with Crippen LogP contribution in [-0.4, -0.2) is 16.2 Å². The van der Waals surface area contributed by atoms with Crippen LogP contribution in [0.25, 0.3) is 0 Å². The van der Waals surface area contributed by atoms with E-state index in [1.165, 1.54) is 11.8 Å². The molecule has 1 aromatic heterocycles. The van der Waals surface area contributed by atoms with Gasteiger partial charge in [-0.25, -0.2) is 9.97 Å². The van der Waals surface area contributed by atoms with Crippen molar-refractivity contribution in [1.82, 2.24) is 9.97 Å². The summed E-state index contributed by atoms with van der Waals surface area (Å²) in [6.45, 7) is 3.52. The molecule has 0 aromatic carbocycles. The lowest BCUT2D eigenvalue weighted by Gasteiger charge is -2.01. The lowest BCUT2D eigenvalue weighted by Crippen LogP contribution is -1.94. The Labute approximate surface area is 80.3 Å². The van der Waals surface area contributed by atoms with Crippen LogP contribution in [0.5, 0.6) is 0 Å². The van der Waals surface area contributed by atoms with Crippen molar-refractivity contribution in [2.24, 2.45) is 0 Å². The molecule has 1 rings (SSSR count). The Morgan fingerprint density at radius 1 is 1.67 bits per heavy atom. The molecule has 0 radical (unpaired) electrons. The molecule has 1 heterocycles. The molecule has 0 fully saturated rings. The van der Waals surface area contributed by atoms with Gasteiger partial charge in [-0.3, -0.25) is 0 Å². The van der Waals surface area contributed by atoms with Gasteiger partial charge in [-0.2, -0.15) is 0 Å². The summed E-state index contributed by atoms with van der Waals surface area (Å²) >= 11 is 7.17. The first kappa shape index (κ1) is 9.35. The first-order valence-corrected chi connectivity index (χ1v) is 4.82. The highest BCUT2D eigenvalue weighted by atomic mass is 35.5. The van der Waals surface area contributed by atoms with E-state index in [1.807, 2.05) is 6.26 Å². The quantitative estimate of drug-likeness (QED) is 0.463. The lowest BCUT2D eigenvalue weighted by molar-refractivity contribution is 0.976. The highest BCUT2D eigenvalue weighted by molar-refractivity contribution is 7.98. The number of hydrogen-bond donors (Lipinski definition) is 1. The Morgan fingerprint density at radius 3 is 3.00 bits per heavy atom. The molecule has 0 saturated heterocycles. The zero-order valence-corrected chi connectivity index (χ0v) is 8.11. The van der Waals surface area contributed by atoms with Gasteiger partial charge in [-0.05, 0) is 12.5 Å². The summed E-state index contributed by atoms with van der Waals surface area (Å²) < 4.78 is 0. The zero-order chi connectivity index (χ0) is 8.97. The van der Waals surface area contributed by atoms with E-state index < -0.39 is 0 Å². The molecular formula is C7H8ClN3S. The third kappa shape index (κ3) is 2.39. The third-order valence-electron chi connectivity index (χ3n) is 1.11. The molecular weight excluding hydrogens is 194 g/mol. The van der Waals surface area contributed by atoms with Gasteiger partial charge in [0.15, 0.2) is 5.16 Å². The van der Waals surface area contributed by atoms with E-state index in [9.17, 15) is 0 Å². The summed E-state index contributed by atoms with van der Waals surface area (Å²) in [6.07, 6.45) is 3.44. The summed E-state index contributed by atoms with van der Waals surface area (Å²) in [5.41, 5.74) is 0. The van der Waals surface area contributed by atoms with Crippen LogP contribution in [0.4, 0.5) is 5.82 Å². The van der Waals surface area contributed by atoms with E-state index in [0.717, 1.165) is 0 Å². The molecule has 12 heavy (non-hydrogen) atoms. The average Bonchev–Trinajstić information content (AvgIpc) is 2.04. The second-order valence-corrected chi connectivity index (χ2v) is 3.07. The Hall–Kier alpha value is -0.740. The number of nitrogens with zero attached hydrogens (tertiary/aromatic N) is 2. The van der Waals surface area contributed by atoms with Crippen LogP contribution in [0.3, 0.4) is 0 Å². The SMILES string of the molecule is C=CNc1cc(Cl)nc(SC)n1. The van der Waals surface area contributed by atoms with Gasteiger partial charge in [0.1, 0.15) is 11.0 Å². The van der Waals surface area contributed by atoms with Crippen molar-refractivity contribution < 1.29 is 0 Å². The number of hydrogen-bond acceptors (Lipinski definition) is 4. The predicted molar refractivity (Wildman–Crippen MR) is 52.6 cm³/mol. The molecule has 0 amide bonds. The second kappa shape index (κ2) is 4.33. The number of halogens is 1. The molecule has 0 unspecified atom stereocenters. The van der Waals surface area contributed by atoms with E-state index in [4.69, 9.17) is 11.6 Å². The van der Waals surface area contributed by atoms with Gasteiger partial charge in [0.25, 0.3) is 0 Å². The summed E-state index contributed by atoms with van der Waals surface area (Å²) in [5.74, 6) is 0.661. The Balaban J connectivity index is 2.97. The molecule has 0 aliphatic carbocycles. The molecule has 0 bridgehead atoms. The molecule has 0 spiro atoms. The number of nitrogens with one attached hydrogen (secondary N) is 1. The minimum atomic E-state index is 0.429. The van der Waals surface area contributed by atoms with E-state index in [2.05, 4.69) is 21.9 Å². The summed E-state index contributed by atoms with van der Waals surface area (Å²) in [7, 11) is 0. The number of thioether (sulfide) groups is 1. The smallest absolute Gasteiger partial charge is 0.190 e. The molecule has 0 atom stereocenters. The summed E-state index contributed by atoms with van der Waals surface area (Å²) in [6, 6.07) is 1.64. The molecule has 1 aromatic rings. The molecule has 0 saturated carbocycles. The minimum Gasteiger partial charge on any atom is -0.347 e. The monoisotopic (exact) mass is 201 g/mol. The molecule has 5 heteroatoms. The van der Waals surface area contributed by atoms with Gasteiger partial charge < -0.3 is 5.32 Å². The Morgan fingerprint density at radius 2 is 2.42 bits per heavy atom. The van der Waals surface area contributed by atoms with Crippen LogP contribution in [-0.2, 0) is 0 Å². The molecule has 0 aliphatic rings. The third-order valence-corrected chi connectivity index (χ3v) is 1.85. The molecule has 0 aliphatic heterocycles. The Bertz CT molecular complexity index is 290. The molecule has 3 nitrogen and oxygen atoms in total. The van der Waals surface area contributed by atoms with Crippen LogP contribution in [0.15, 0.2) is 24.0 Å². The second-order valence-electron chi connectivity index (χ2n) is 1.91. The largest absolute Gasteiger partial charge is 0.347 e. The van der Waals surface area contributed by atoms with Crippen molar-refractivity contribution in [2.75, 3.05) is 11.6 Å². The van der Waals surface area contributed by atoms with Crippen LogP contribution < -0.4 is 5.32 Å². The maximum Gasteiger partial charge on any atom is 0.190 e. The fourth-order valence-corrected chi connectivity index (χ4v) is 1.28. The number of anilines is 1. The maximum atomic E-state index is 5.73. The van der Waals surface area contributed by atoms with Gasteiger partial charge in [-0.1, -0.05) is 29.9 Å². The van der Waals surface area contributed by atoms with E-state index in [0.29, 0.717) is 16.1 Å². The van der Waals surface area contributed by atoms with Crippen LogP contribution in [0, 0.1) is 0 Å². The topological polar surface area (TPSA) is 37.8 Å². The van der Waals surface area contributed by atoms with Crippen molar-refractivity contribution in [1.29, 1.82) is 0 Å². The highest BCUT2D eigenvalue weighted by Crippen LogP contribution is 2.16. The average molecular weight is 202 g/mol. The molecule has 64 valence electrons. The van der Waals surface area contributed by atoms with Gasteiger partial charge in [0.2, 0.25) is 0 Å². The highest BCUT2D eigenvalue weighted by Gasteiger charge is 1.99. The van der Waals surface area contributed by atoms with Gasteiger partial charge in [0.05, 0.1) is 0 Å². The van der Waals surface area contributed by atoms with Crippen molar-refractivity contribution in [3.05, 3.63) is 24.0 Å². The zero-order valence-electron chi connectivity index (χ0n) is 6.54.